The van der Waals surface area contributed by atoms with Crippen molar-refractivity contribution in [3.63, 3.8) is 0 Å². The SMILES string of the molecule is C[C@H](C1CCCCC1)N(C)[C@@H](C)[C]1[CH][CH][CH][CH]1. The molecule has 5 radical (unpaired) electrons. The fourth-order valence-electron chi connectivity index (χ4n) is 3.20. The van der Waals surface area contributed by atoms with E-state index in [0.717, 1.165) is 5.92 Å². The molecule has 95 valence electrons. The molecule has 2 fully saturated rings. The van der Waals surface area contributed by atoms with Crippen LogP contribution in [0.4, 0.5) is 0 Å². The summed E-state index contributed by atoms with van der Waals surface area (Å²) in [6, 6.07) is 1.25. The van der Waals surface area contributed by atoms with E-state index in [1.165, 1.54) is 38.0 Å². The first-order chi connectivity index (χ1) is 8.20. The Kier molecular flexibility index (Phi) is 4.90. The lowest BCUT2D eigenvalue weighted by Crippen LogP contribution is -2.44. The Morgan fingerprint density at radius 1 is 1.06 bits per heavy atom. The quantitative estimate of drug-likeness (QED) is 0.714. The van der Waals surface area contributed by atoms with Gasteiger partial charge in [-0.3, -0.25) is 0 Å². The summed E-state index contributed by atoms with van der Waals surface area (Å²) in [4.78, 5) is 2.56. The largest absolute Gasteiger partial charge is 0.300 e. The molecule has 0 amide bonds. The van der Waals surface area contributed by atoms with Gasteiger partial charge < -0.3 is 4.90 Å². The molecule has 2 atom stereocenters. The monoisotopic (exact) mass is 232 g/mol. The molecule has 0 saturated heterocycles. The van der Waals surface area contributed by atoms with Crippen molar-refractivity contribution in [1.82, 2.24) is 4.90 Å². The van der Waals surface area contributed by atoms with Crippen LogP contribution in [0.3, 0.4) is 0 Å². The number of nitrogens with zero attached hydrogens (tertiary/aromatic N) is 1. The highest BCUT2D eigenvalue weighted by atomic mass is 15.2. The molecule has 0 unspecified atom stereocenters. The average Bonchev–Trinajstić information content (AvgIpc) is 2.91. The normalized spacial score (nSPS) is 27.5. The minimum atomic E-state index is 0.543. The lowest BCUT2D eigenvalue weighted by molar-refractivity contribution is 0.129. The van der Waals surface area contributed by atoms with E-state index in [1.54, 1.807) is 0 Å². The molecule has 0 aromatic heterocycles. The van der Waals surface area contributed by atoms with Crippen LogP contribution in [0, 0.1) is 37.5 Å². The molecule has 2 rings (SSSR count). The van der Waals surface area contributed by atoms with Crippen molar-refractivity contribution >= 4 is 0 Å². The standard InChI is InChI=1S/C16H26N/c1-13(15-9-5-4-6-10-15)17(3)14(2)16-11-7-8-12-16/h7-8,11-15H,4-6,9-10H2,1-3H3/t13-,14+/m1/s1. The number of rotatable bonds is 4. The van der Waals surface area contributed by atoms with Crippen molar-refractivity contribution in [2.75, 3.05) is 7.05 Å². The van der Waals surface area contributed by atoms with Gasteiger partial charge >= 0.3 is 0 Å². The predicted molar refractivity (Wildman–Crippen MR) is 73.7 cm³/mol. The highest BCUT2D eigenvalue weighted by Gasteiger charge is 2.31. The Morgan fingerprint density at radius 3 is 2.24 bits per heavy atom. The molecule has 0 heterocycles. The van der Waals surface area contributed by atoms with Crippen molar-refractivity contribution in [3.8, 4) is 0 Å². The van der Waals surface area contributed by atoms with E-state index in [9.17, 15) is 0 Å². The van der Waals surface area contributed by atoms with Gasteiger partial charge in [-0.05, 0) is 65.3 Å². The molecule has 0 bridgehead atoms. The molecule has 2 aliphatic rings. The minimum Gasteiger partial charge on any atom is -0.300 e. The second-order valence-corrected chi connectivity index (χ2v) is 5.70. The number of hydrogen-bond donors (Lipinski definition) is 0. The zero-order valence-corrected chi connectivity index (χ0v) is 11.5. The van der Waals surface area contributed by atoms with E-state index < -0.39 is 0 Å². The lowest BCUT2D eigenvalue weighted by atomic mass is 9.83. The van der Waals surface area contributed by atoms with Crippen molar-refractivity contribution < 1.29 is 0 Å². The zero-order chi connectivity index (χ0) is 12.3. The minimum absolute atomic E-state index is 0.543. The van der Waals surface area contributed by atoms with Crippen molar-refractivity contribution in [2.24, 2.45) is 5.92 Å². The zero-order valence-electron chi connectivity index (χ0n) is 11.5. The van der Waals surface area contributed by atoms with Gasteiger partial charge in [0.2, 0.25) is 0 Å². The maximum atomic E-state index is 2.56. The second kappa shape index (κ2) is 6.22. The molecular formula is C16H26N. The summed E-state index contributed by atoms with van der Waals surface area (Å²) in [6.45, 7) is 4.74. The van der Waals surface area contributed by atoms with Crippen LogP contribution in [0.15, 0.2) is 0 Å². The maximum absolute atomic E-state index is 2.56. The summed E-state index contributed by atoms with van der Waals surface area (Å²) in [5, 5.41) is 0. The van der Waals surface area contributed by atoms with Crippen molar-refractivity contribution in [2.45, 2.75) is 58.0 Å². The number of hydrogen-bond acceptors (Lipinski definition) is 1. The van der Waals surface area contributed by atoms with Crippen LogP contribution >= 0.6 is 0 Å². The molecule has 2 saturated carbocycles. The molecule has 2 aliphatic carbocycles. The van der Waals surface area contributed by atoms with Gasteiger partial charge in [0.05, 0.1) is 0 Å². The third kappa shape index (κ3) is 3.24. The van der Waals surface area contributed by atoms with Crippen LogP contribution in [0.1, 0.15) is 46.0 Å². The van der Waals surface area contributed by atoms with E-state index in [1.807, 2.05) is 0 Å². The van der Waals surface area contributed by atoms with Crippen LogP contribution in [-0.2, 0) is 0 Å². The maximum Gasteiger partial charge on any atom is 0.0135 e. The molecule has 0 N–H and O–H groups in total. The molecule has 0 aliphatic heterocycles. The van der Waals surface area contributed by atoms with E-state index in [2.05, 4.69) is 51.5 Å². The summed E-state index contributed by atoms with van der Waals surface area (Å²) < 4.78 is 0. The van der Waals surface area contributed by atoms with Gasteiger partial charge in [0.15, 0.2) is 0 Å². The smallest absolute Gasteiger partial charge is 0.0135 e. The molecule has 0 aromatic carbocycles. The van der Waals surface area contributed by atoms with Crippen molar-refractivity contribution in [1.29, 1.82) is 0 Å². The molecule has 1 nitrogen and oxygen atoms in total. The van der Waals surface area contributed by atoms with Crippen LogP contribution < -0.4 is 0 Å². The fourth-order valence-corrected chi connectivity index (χ4v) is 3.20. The van der Waals surface area contributed by atoms with Crippen LogP contribution in [0.2, 0.25) is 0 Å². The van der Waals surface area contributed by atoms with Gasteiger partial charge in [0, 0.05) is 18.0 Å². The Labute approximate surface area is 108 Å². The van der Waals surface area contributed by atoms with Crippen molar-refractivity contribution in [3.05, 3.63) is 31.6 Å². The van der Waals surface area contributed by atoms with Crippen LogP contribution in [0.5, 0.6) is 0 Å². The molecular weight excluding hydrogens is 206 g/mol. The molecule has 0 aromatic rings. The highest BCUT2D eigenvalue weighted by molar-refractivity contribution is 5.38. The summed E-state index contributed by atoms with van der Waals surface area (Å²) in [5.74, 6) is 2.36. The van der Waals surface area contributed by atoms with Gasteiger partial charge in [-0.1, -0.05) is 19.3 Å². The summed E-state index contributed by atoms with van der Waals surface area (Å²) in [7, 11) is 2.29. The van der Waals surface area contributed by atoms with E-state index >= 15 is 0 Å². The van der Waals surface area contributed by atoms with E-state index in [-0.39, 0.29) is 0 Å². The summed E-state index contributed by atoms with van der Waals surface area (Å²) >= 11 is 0. The van der Waals surface area contributed by atoms with Crippen LogP contribution in [0.25, 0.3) is 0 Å². The third-order valence-electron chi connectivity index (χ3n) is 4.76. The topological polar surface area (TPSA) is 3.24 Å². The lowest BCUT2D eigenvalue weighted by Gasteiger charge is -2.39. The Morgan fingerprint density at radius 2 is 1.65 bits per heavy atom. The van der Waals surface area contributed by atoms with E-state index in [0.29, 0.717) is 12.1 Å². The Bertz CT molecular complexity index is 214. The van der Waals surface area contributed by atoms with Gasteiger partial charge in [-0.15, -0.1) is 0 Å². The first-order valence-corrected chi connectivity index (χ1v) is 7.13. The fraction of sp³-hybridized carbons (Fsp3) is 0.688. The van der Waals surface area contributed by atoms with Gasteiger partial charge in [0.25, 0.3) is 0 Å². The second-order valence-electron chi connectivity index (χ2n) is 5.70. The molecule has 1 heteroatoms. The first kappa shape index (κ1) is 13.4. The van der Waals surface area contributed by atoms with Gasteiger partial charge in [-0.25, -0.2) is 0 Å². The first-order valence-electron chi connectivity index (χ1n) is 7.13. The Balaban J connectivity index is 1.86. The third-order valence-corrected chi connectivity index (χ3v) is 4.76. The summed E-state index contributed by atoms with van der Waals surface area (Å²) in [6.07, 6.45) is 16.0. The molecule has 17 heavy (non-hydrogen) atoms. The molecule has 0 spiro atoms. The van der Waals surface area contributed by atoms with Gasteiger partial charge in [-0.2, -0.15) is 0 Å². The van der Waals surface area contributed by atoms with Gasteiger partial charge in [0.1, 0.15) is 0 Å². The van der Waals surface area contributed by atoms with Crippen LogP contribution in [-0.4, -0.2) is 24.0 Å². The Hall–Kier alpha value is -0.0400. The summed E-state index contributed by atoms with van der Waals surface area (Å²) in [5.41, 5.74) is 0. The average molecular weight is 232 g/mol. The highest BCUT2D eigenvalue weighted by Crippen LogP contribution is 2.33. The van der Waals surface area contributed by atoms with E-state index in [4.69, 9.17) is 0 Å². The predicted octanol–water partition coefficient (Wildman–Crippen LogP) is 3.68.